The fourth-order valence-corrected chi connectivity index (χ4v) is 2.24. The second kappa shape index (κ2) is 3.80. The highest BCUT2D eigenvalue weighted by Gasteiger charge is 2.14. The maximum absolute atomic E-state index is 5.67. The van der Waals surface area contributed by atoms with E-state index in [0.29, 0.717) is 5.82 Å². The topological polar surface area (TPSA) is 68.9 Å². The molecule has 3 aromatic rings. The average Bonchev–Trinajstić information content (AvgIpc) is 2.95. The van der Waals surface area contributed by atoms with Crippen molar-refractivity contribution in [2.45, 2.75) is 0 Å². The lowest BCUT2D eigenvalue weighted by Crippen LogP contribution is -1.91. The number of hydrogen-bond acceptors (Lipinski definition) is 3. The van der Waals surface area contributed by atoms with E-state index in [4.69, 9.17) is 10.5 Å². The molecule has 0 spiro atoms. The highest BCUT2D eigenvalue weighted by atomic mass is 16.5. The number of nitrogens with zero attached hydrogens (tertiary/aromatic N) is 2. The van der Waals surface area contributed by atoms with E-state index in [1.54, 1.807) is 7.11 Å². The van der Waals surface area contributed by atoms with Crippen LogP contribution >= 0.6 is 0 Å². The van der Waals surface area contributed by atoms with E-state index >= 15 is 0 Å². The third kappa shape index (κ3) is 1.44. The lowest BCUT2D eigenvalue weighted by Gasteiger charge is -2.08. The van der Waals surface area contributed by atoms with Crippen molar-refractivity contribution in [3.8, 4) is 17.0 Å². The second-order valence-electron chi connectivity index (χ2n) is 4.21. The largest absolute Gasteiger partial charge is 0.496 e. The molecule has 92 valence electrons. The van der Waals surface area contributed by atoms with Crippen LogP contribution < -0.4 is 10.5 Å². The summed E-state index contributed by atoms with van der Waals surface area (Å²) in [5, 5.41) is 8.02. The summed E-state index contributed by atoms with van der Waals surface area (Å²) in [4.78, 5) is 0. The van der Waals surface area contributed by atoms with E-state index in [1.165, 1.54) is 0 Å². The molecule has 0 bridgehead atoms. The molecule has 0 fully saturated rings. The molecule has 5 nitrogen and oxygen atoms in total. The van der Waals surface area contributed by atoms with Crippen molar-refractivity contribution in [1.29, 1.82) is 0 Å². The van der Waals surface area contributed by atoms with Crippen molar-refractivity contribution >= 4 is 16.7 Å². The average molecular weight is 242 g/mol. The number of benzene rings is 1. The van der Waals surface area contributed by atoms with Gasteiger partial charge in [0.05, 0.1) is 18.4 Å². The van der Waals surface area contributed by atoms with Gasteiger partial charge in [0.1, 0.15) is 11.6 Å². The number of aryl methyl sites for hydroxylation is 1. The first-order chi connectivity index (χ1) is 8.70. The number of methoxy groups -OCH3 is 1. The van der Waals surface area contributed by atoms with Crippen molar-refractivity contribution in [1.82, 2.24) is 14.8 Å². The van der Waals surface area contributed by atoms with Gasteiger partial charge >= 0.3 is 0 Å². The van der Waals surface area contributed by atoms with Gasteiger partial charge in [-0.25, -0.2) is 0 Å². The molecule has 0 amide bonds. The van der Waals surface area contributed by atoms with Crippen LogP contribution in [0.2, 0.25) is 0 Å². The first-order valence-electron chi connectivity index (χ1n) is 5.64. The normalized spacial score (nSPS) is 11.0. The van der Waals surface area contributed by atoms with Gasteiger partial charge in [0.15, 0.2) is 0 Å². The quantitative estimate of drug-likeness (QED) is 0.723. The summed E-state index contributed by atoms with van der Waals surface area (Å²) < 4.78 is 7.50. The van der Waals surface area contributed by atoms with Crippen LogP contribution in [0.5, 0.6) is 5.75 Å². The van der Waals surface area contributed by atoms with Crippen molar-refractivity contribution in [2.75, 3.05) is 12.8 Å². The van der Waals surface area contributed by atoms with Gasteiger partial charge in [0.2, 0.25) is 0 Å². The predicted molar refractivity (Wildman–Crippen MR) is 71.5 cm³/mol. The fourth-order valence-electron chi connectivity index (χ4n) is 2.24. The maximum atomic E-state index is 5.67. The van der Waals surface area contributed by atoms with Crippen LogP contribution in [0.1, 0.15) is 0 Å². The Labute approximate surface area is 104 Å². The van der Waals surface area contributed by atoms with Crippen LogP contribution in [0, 0.1) is 0 Å². The van der Waals surface area contributed by atoms with Crippen molar-refractivity contribution < 1.29 is 4.74 Å². The number of nitrogens with two attached hydrogens (primary N) is 1. The number of nitrogens with one attached hydrogen (secondary N) is 1. The van der Waals surface area contributed by atoms with Gasteiger partial charge in [-0.2, -0.15) is 5.10 Å². The molecule has 0 aliphatic heterocycles. The lowest BCUT2D eigenvalue weighted by molar-refractivity contribution is 0.417. The van der Waals surface area contributed by atoms with Gasteiger partial charge in [-0.15, -0.1) is 0 Å². The van der Waals surface area contributed by atoms with Crippen LogP contribution in [0.25, 0.3) is 22.2 Å². The minimum absolute atomic E-state index is 0.472. The van der Waals surface area contributed by atoms with Gasteiger partial charge in [0.25, 0.3) is 0 Å². The van der Waals surface area contributed by atoms with E-state index in [-0.39, 0.29) is 0 Å². The van der Waals surface area contributed by atoms with Gasteiger partial charge in [-0.05, 0) is 18.2 Å². The van der Waals surface area contributed by atoms with Crippen LogP contribution in [0.3, 0.4) is 0 Å². The number of anilines is 1. The van der Waals surface area contributed by atoms with Gasteiger partial charge < -0.3 is 15.0 Å². The molecular formula is C13H14N4O. The van der Waals surface area contributed by atoms with Crippen molar-refractivity contribution in [2.24, 2.45) is 7.05 Å². The zero-order valence-electron chi connectivity index (χ0n) is 10.3. The molecule has 0 aliphatic rings. The summed E-state index contributed by atoms with van der Waals surface area (Å²) in [7, 11) is 3.67. The molecule has 1 aromatic carbocycles. The number of aromatic amines is 1. The number of H-pyrrole nitrogens is 1. The molecule has 5 heteroatoms. The Balaban J connectivity index is 2.36. The summed E-state index contributed by atoms with van der Waals surface area (Å²) in [6.07, 6.45) is 2.02. The zero-order chi connectivity index (χ0) is 12.7. The van der Waals surface area contributed by atoms with Gasteiger partial charge in [0, 0.05) is 30.2 Å². The first-order valence-corrected chi connectivity index (χ1v) is 5.64. The summed E-state index contributed by atoms with van der Waals surface area (Å²) in [6.45, 7) is 0. The Morgan fingerprint density at radius 2 is 2.17 bits per heavy atom. The molecule has 0 aliphatic carbocycles. The molecule has 0 radical (unpaired) electrons. The summed E-state index contributed by atoms with van der Waals surface area (Å²) in [5.41, 5.74) is 8.65. The molecule has 0 unspecified atom stereocenters. The van der Waals surface area contributed by atoms with E-state index in [1.807, 2.05) is 31.4 Å². The predicted octanol–water partition coefficient (Wildman–Crippen LogP) is 2.16. The third-order valence-corrected chi connectivity index (χ3v) is 3.12. The van der Waals surface area contributed by atoms with E-state index in [0.717, 1.165) is 27.9 Å². The fraction of sp³-hybridized carbons (Fsp3) is 0.154. The smallest absolute Gasteiger partial charge is 0.145 e. The number of aromatic nitrogens is 3. The van der Waals surface area contributed by atoms with E-state index < -0.39 is 0 Å². The van der Waals surface area contributed by atoms with Gasteiger partial charge in [-0.3, -0.25) is 5.10 Å². The summed E-state index contributed by atoms with van der Waals surface area (Å²) >= 11 is 0. The third-order valence-electron chi connectivity index (χ3n) is 3.12. The molecule has 2 aromatic heterocycles. The Bertz CT molecular complexity index is 711. The molecule has 3 N–H and O–H groups in total. The number of ether oxygens (including phenoxy) is 1. The molecule has 0 saturated carbocycles. The van der Waals surface area contributed by atoms with E-state index in [2.05, 4.69) is 20.8 Å². The second-order valence-corrected chi connectivity index (χ2v) is 4.21. The SMILES string of the molecule is COc1ccc2c(ccn2C)c1-c1cc(N)n[nH]1. The van der Waals surface area contributed by atoms with Gasteiger partial charge in [-0.1, -0.05) is 0 Å². The molecule has 0 saturated heterocycles. The summed E-state index contributed by atoms with van der Waals surface area (Å²) in [6, 6.07) is 7.86. The Hall–Kier alpha value is -2.43. The maximum Gasteiger partial charge on any atom is 0.145 e. The lowest BCUT2D eigenvalue weighted by atomic mass is 10.1. The number of rotatable bonds is 2. The molecular weight excluding hydrogens is 228 g/mol. The Kier molecular flexibility index (Phi) is 2.26. The minimum atomic E-state index is 0.472. The number of hydrogen-bond donors (Lipinski definition) is 2. The molecule has 0 atom stereocenters. The van der Waals surface area contributed by atoms with Crippen LogP contribution in [-0.2, 0) is 7.05 Å². The highest BCUT2D eigenvalue weighted by molar-refractivity contribution is 5.98. The molecule has 18 heavy (non-hydrogen) atoms. The minimum Gasteiger partial charge on any atom is -0.496 e. The van der Waals surface area contributed by atoms with Crippen LogP contribution in [0.15, 0.2) is 30.5 Å². The van der Waals surface area contributed by atoms with E-state index in [9.17, 15) is 0 Å². The van der Waals surface area contributed by atoms with Crippen LogP contribution in [0.4, 0.5) is 5.82 Å². The first kappa shape index (κ1) is 10.7. The highest BCUT2D eigenvalue weighted by Crippen LogP contribution is 2.36. The Morgan fingerprint density at radius 1 is 1.33 bits per heavy atom. The number of fused-ring (bicyclic) bond motifs is 1. The number of nitrogen functional groups attached to an aromatic ring is 1. The Morgan fingerprint density at radius 3 is 2.83 bits per heavy atom. The monoisotopic (exact) mass is 242 g/mol. The standard InChI is InChI=1S/C13H14N4O/c1-17-6-5-8-10(17)3-4-11(18-2)13(8)9-7-12(14)16-15-9/h3-7H,1-2H3,(H3,14,15,16). The van der Waals surface area contributed by atoms with Crippen molar-refractivity contribution in [3.05, 3.63) is 30.5 Å². The molecule has 3 rings (SSSR count). The van der Waals surface area contributed by atoms with Crippen LogP contribution in [-0.4, -0.2) is 21.9 Å². The molecule has 2 heterocycles. The van der Waals surface area contributed by atoms with Crippen molar-refractivity contribution in [3.63, 3.8) is 0 Å². The summed E-state index contributed by atoms with van der Waals surface area (Å²) in [5.74, 6) is 1.28. The zero-order valence-corrected chi connectivity index (χ0v) is 10.3.